The van der Waals surface area contributed by atoms with Gasteiger partial charge in [-0.1, -0.05) is 38.5 Å². The summed E-state index contributed by atoms with van der Waals surface area (Å²) in [6.07, 6.45) is 8.52. The number of hydrogen-bond donors (Lipinski definition) is 3. The molecule has 0 spiro atoms. The highest BCUT2D eigenvalue weighted by molar-refractivity contribution is 6.03. The highest BCUT2D eigenvalue weighted by Gasteiger charge is 2.30. The minimum atomic E-state index is -2.80. The highest BCUT2D eigenvalue weighted by atomic mass is 19.3. The zero-order valence-electron chi connectivity index (χ0n) is 20.1. The summed E-state index contributed by atoms with van der Waals surface area (Å²) in [6.45, 7) is 3.54. The van der Waals surface area contributed by atoms with Gasteiger partial charge in [0.1, 0.15) is 11.5 Å². The predicted octanol–water partition coefficient (Wildman–Crippen LogP) is 6.34. The van der Waals surface area contributed by atoms with E-state index in [4.69, 9.17) is 5.73 Å². The summed E-state index contributed by atoms with van der Waals surface area (Å²) in [4.78, 5) is 17.3. The molecule has 2 saturated carbocycles. The van der Waals surface area contributed by atoms with E-state index in [0.29, 0.717) is 34.4 Å². The van der Waals surface area contributed by atoms with Crippen molar-refractivity contribution in [2.45, 2.75) is 84.5 Å². The Bertz CT molecular complexity index is 1010. The molecule has 34 heavy (non-hydrogen) atoms. The van der Waals surface area contributed by atoms with Crippen molar-refractivity contribution in [2.24, 2.45) is 17.6 Å². The van der Waals surface area contributed by atoms with Gasteiger partial charge in [-0.25, -0.2) is 13.8 Å². The summed E-state index contributed by atoms with van der Waals surface area (Å²) in [6, 6.07) is 3.12. The Labute approximate surface area is 199 Å². The van der Waals surface area contributed by atoms with E-state index in [9.17, 15) is 13.6 Å². The van der Waals surface area contributed by atoms with Crippen LogP contribution in [0, 0.1) is 25.7 Å². The first-order chi connectivity index (χ1) is 16.4. The second-order valence-corrected chi connectivity index (χ2v) is 9.73. The smallest absolute Gasteiger partial charge is 0.281 e. The fraction of sp³-hybridized carbons (Fsp3) is 0.577. The standard InChI is InChI=1S/C26H35F2N5O/c1-15-21(16(2)33-32-15)19-13-14-20(30-24(19)25(27)28)31-26(34)23(29)22(17-9-5-3-6-10-17)18-11-7-4-8-12-18/h13-14,17-18,25H,3-12,29H2,1-2H3,(H,32,33)(H,30,31,34). The fourth-order valence-corrected chi connectivity index (χ4v) is 5.79. The van der Waals surface area contributed by atoms with E-state index >= 15 is 0 Å². The van der Waals surface area contributed by atoms with E-state index in [-0.39, 0.29) is 17.2 Å². The molecule has 0 atom stereocenters. The van der Waals surface area contributed by atoms with Gasteiger partial charge in [0.2, 0.25) is 0 Å². The number of nitrogens with two attached hydrogens (primary N) is 1. The summed E-state index contributed by atoms with van der Waals surface area (Å²) in [5.41, 5.74) is 9.69. The second kappa shape index (κ2) is 10.7. The number of hydrogen-bond acceptors (Lipinski definition) is 4. The van der Waals surface area contributed by atoms with Crippen LogP contribution in [0.2, 0.25) is 0 Å². The molecule has 4 N–H and O–H groups in total. The number of alkyl halides is 2. The molecule has 0 unspecified atom stereocenters. The minimum absolute atomic E-state index is 0.0810. The van der Waals surface area contributed by atoms with Crippen molar-refractivity contribution >= 4 is 11.7 Å². The van der Waals surface area contributed by atoms with Crippen LogP contribution >= 0.6 is 0 Å². The Hall–Kier alpha value is -2.77. The molecule has 6 nitrogen and oxygen atoms in total. The van der Waals surface area contributed by atoms with Gasteiger partial charge in [-0.05, 0) is 69.1 Å². The lowest BCUT2D eigenvalue weighted by atomic mass is 9.73. The molecule has 184 valence electrons. The van der Waals surface area contributed by atoms with Gasteiger partial charge in [0.25, 0.3) is 12.3 Å². The number of aromatic amines is 1. The van der Waals surface area contributed by atoms with Crippen LogP contribution < -0.4 is 11.1 Å². The van der Waals surface area contributed by atoms with Crippen LogP contribution in [-0.4, -0.2) is 21.1 Å². The maximum atomic E-state index is 13.9. The maximum absolute atomic E-state index is 13.9. The Balaban J connectivity index is 1.63. The van der Waals surface area contributed by atoms with Gasteiger partial charge in [0.05, 0.1) is 11.4 Å². The molecule has 0 radical (unpaired) electrons. The summed E-state index contributed by atoms with van der Waals surface area (Å²) in [5, 5.41) is 9.64. The molecular weight excluding hydrogens is 436 g/mol. The van der Waals surface area contributed by atoms with Crippen molar-refractivity contribution in [3.05, 3.63) is 40.5 Å². The van der Waals surface area contributed by atoms with Gasteiger partial charge in [0, 0.05) is 16.8 Å². The first-order valence-electron chi connectivity index (χ1n) is 12.5. The average Bonchev–Trinajstić information content (AvgIpc) is 3.18. The van der Waals surface area contributed by atoms with E-state index in [2.05, 4.69) is 20.5 Å². The Morgan fingerprint density at radius 3 is 2.12 bits per heavy atom. The summed E-state index contributed by atoms with van der Waals surface area (Å²) >= 11 is 0. The third-order valence-corrected chi connectivity index (χ3v) is 7.42. The molecule has 2 aromatic rings. The molecule has 0 bridgehead atoms. The first-order valence-corrected chi connectivity index (χ1v) is 12.5. The SMILES string of the molecule is Cc1n[nH]c(C)c1-c1ccc(NC(=O)C(N)=C(C2CCCCC2)C2CCCCC2)nc1C(F)F. The number of amides is 1. The molecule has 2 aliphatic rings. The largest absolute Gasteiger partial charge is 0.394 e. The number of pyridine rings is 1. The van der Waals surface area contributed by atoms with Gasteiger partial charge < -0.3 is 11.1 Å². The number of carbonyl (C=O) groups is 1. The van der Waals surface area contributed by atoms with Crippen molar-refractivity contribution in [3.63, 3.8) is 0 Å². The molecule has 0 saturated heterocycles. The number of aromatic nitrogens is 3. The number of nitrogens with one attached hydrogen (secondary N) is 2. The Morgan fingerprint density at radius 1 is 1.03 bits per heavy atom. The van der Waals surface area contributed by atoms with Crippen LogP contribution in [-0.2, 0) is 4.79 Å². The molecule has 2 fully saturated rings. The van der Waals surface area contributed by atoms with Crippen molar-refractivity contribution in [3.8, 4) is 11.1 Å². The topological polar surface area (TPSA) is 96.7 Å². The first kappa shape index (κ1) is 24.4. The monoisotopic (exact) mass is 471 g/mol. The van der Waals surface area contributed by atoms with Crippen molar-refractivity contribution < 1.29 is 13.6 Å². The van der Waals surface area contributed by atoms with Crippen molar-refractivity contribution in [1.82, 2.24) is 15.2 Å². The average molecular weight is 472 g/mol. The molecule has 2 aliphatic carbocycles. The van der Waals surface area contributed by atoms with E-state index in [0.717, 1.165) is 56.9 Å². The van der Waals surface area contributed by atoms with Crippen LogP contribution in [0.4, 0.5) is 14.6 Å². The van der Waals surface area contributed by atoms with Crippen molar-refractivity contribution in [2.75, 3.05) is 5.32 Å². The molecule has 8 heteroatoms. The zero-order valence-corrected chi connectivity index (χ0v) is 20.1. The van der Waals surface area contributed by atoms with Gasteiger partial charge in [-0.3, -0.25) is 9.89 Å². The van der Waals surface area contributed by atoms with Crippen LogP contribution in [0.1, 0.15) is 87.7 Å². The number of rotatable bonds is 6. The lowest BCUT2D eigenvalue weighted by molar-refractivity contribution is -0.113. The number of anilines is 1. The van der Waals surface area contributed by atoms with Crippen LogP contribution in [0.5, 0.6) is 0 Å². The van der Waals surface area contributed by atoms with Gasteiger partial charge in [-0.2, -0.15) is 5.10 Å². The molecule has 2 aromatic heterocycles. The molecule has 0 aliphatic heterocycles. The van der Waals surface area contributed by atoms with Crippen LogP contribution in [0.25, 0.3) is 11.1 Å². The van der Waals surface area contributed by atoms with Crippen molar-refractivity contribution in [1.29, 1.82) is 0 Å². The van der Waals surface area contributed by atoms with Crippen LogP contribution in [0.3, 0.4) is 0 Å². The zero-order chi connectivity index (χ0) is 24.2. The van der Waals surface area contributed by atoms with E-state index in [1.165, 1.54) is 12.8 Å². The predicted molar refractivity (Wildman–Crippen MR) is 129 cm³/mol. The molecule has 2 heterocycles. The molecule has 0 aromatic carbocycles. The summed E-state index contributed by atoms with van der Waals surface area (Å²) in [7, 11) is 0. The lowest BCUT2D eigenvalue weighted by Crippen LogP contribution is -2.29. The van der Waals surface area contributed by atoms with Gasteiger partial charge in [0.15, 0.2) is 0 Å². The van der Waals surface area contributed by atoms with Crippen LogP contribution in [0.15, 0.2) is 23.4 Å². The summed E-state index contributed by atoms with van der Waals surface area (Å²) < 4.78 is 27.9. The highest BCUT2D eigenvalue weighted by Crippen LogP contribution is 2.40. The lowest BCUT2D eigenvalue weighted by Gasteiger charge is -2.33. The molecule has 4 rings (SSSR count). The fourth-order valence-electron chi connectivity index (χ4n) is 5.79. The number of H-pyrrole nitrogens is 1. The third-order valence-electron chi connectivity index (χ3n) is 7.42. The van der Waals surface area contributed by atoms with E-state index in [1.807, 2.05) is 0 Å². The number of aryl methyl sites for hydroxylation is 2. The number of nitrogens with zero attached hydrogens (tertiary/aromatic N) is 2. The third kappa shape index (κ3) is 5.15. The van der Waals surface area contributed by atoms with Gasteiger partial charge >= 0.3 is 0 Å². The molecule has 1 amide bonds. The normalized spacial score (nSPS) is 17.7. The van der Waals surface area contributed by atoms with Gasteiger partial charge in [-0.15, -0.1) is 0 Å². The molecular formula is C26H35F2N5O. The summed E-state index contributed by atoms with van der Waals surface area (Å²) in [5.74, 6) is 0.308. The number of halogens is 2. The van der Waals surface area contributed by atoms with E-state index < -0.39 is 12.3 Å². The Morgan fingerprint density at radius 2 is 1.62 bits per heavy atom. The quantitative estimate of drug-likeness (QED) is 0.428. The van der Waals surface area contributed by atoms with E-state index in [1.54, 1.807) is 26.0 Å². The maximum Gasteiger partial charge on any atom is 0.281 e. The minimum Gasteiger partial charge on any atom is -0.394 e. The second-order valence-electron chi connectivity index (χ2n) is 9.73. The number of carbonyl (C=O) groups excluding carboxylic acids is 1. The number of allylic oxidation sites excluding steroid dienone is 1. The Kier molecular flexibility index (Phi) is 7.63.